The Morgan fingerprint density at radius 1 is 1.00 bits per heavy atom. The lowest BCUT2D eigenvalue weighted by molar-refractivity contribution is -0.131. The second-order valence-electron chi connectivity index (χ2n) is 9.50. The molecule has 1 aliphatic rings. The number of halogens is 1. The van der Waals surface area contributed by atoms with Gasteiger partial charge in [0.2, 0.25) is 5.91 Å². The van der Waals surface area contributed by atoms with Gasteiger partial charge in [0.05, 0.1) is 11.4 Å². The minimum absolute atomic E-state index is 0.00519. The molecule has 0 spiro atoms. The van der Waals surface area contributed by atoms with Crippen molar-refractivity contribution in [3.8, 4) is 11.3 Å². The smallest absolute Gasteiger partial charge is 0.276 e. The molecule has 0 atom stereocenters. The number of para-hydroxylation sites is 1. The van der Waals surface area contributed by atoms with Crippen LogP contribution in [0.1, 0.15) is 31.7 Å². The van der Waals surface area contributed by atoms with Crippen LogP contribution in [0.4, 0.5) is 10.1 Å². The lowest BCUT2D eigenvalue weighted by Crippen LogP contribution is -2.49. The van der Waals surface area contributed by atoms with Crippen molar-refractivity contribution in [3.05, 3.63) is 88.7 Å². The second-order valence-corrected chi connectivity index (χ2v) is 9.50. The third kappa shape index (κ3) is 4.76. The molecule has 1 aliphatic heterocycles. The van der Waals surface area contributed by atoms with Gasteiger partial charge < -0.3 is 14.4 Å². The molecule has 0 aliphatic carbocycles. The maximum absolute atomic E-state index is 14.1. The van der Waals surface area contributed by atoms with Gasteiger partial charge in [0, 0.05) is 57.1 Å². The highest BCUT2D eigenvalue weighted by molar-refractivity contribution is 5.76. The van der Waals surface area contributed by atoms with Gasteiger partial charge in [-0.15, -0.1) is 0 Å². The summed E-state index contributed by atoms with van der Waals surface area (Å²) in [5, 5.41) is 4.56. The van der Waals surface area contributed by atoms with Crippen LogP contribution in [0.15, 0.2) is 71.8 Å². The summed E-state index contributed by atoms with van der Waals surface area (Å²) in [5.74, 6) is 0.197. The molecule has 7 nitrogen and oxygen atoms in total. The summed E-state index contributed by atoms with van der Waals surface area (Å²) in [5.41, 5.74) is 3.82. The normalized spacial score (nSPS) is 14.1. The maximum atomic E-state index is 14.1. The van der Waals surface area contributed by atoms with Crippen molar-refractivity contribution < 1.29 is 9.18 Å². The Kier molecular flexibility index (Phi) is 6.59. The fraction of sp³-hybridized carbons (Fsp3) is 0.321. The third-order valence-corrected chi connectivity index (χ3v) is 6.87. The van der Waals surface area contributed by atoms with E-state index in [9.17, 15) is 14.0 Å². The highest BCUT2D eigenvalue weighted by Gasteiger charge is 2.22. The van der Waals surface area contributed by atoms with Crippen molar-refractivity contribution in [2.24, 2.45) is 0 Å². The van der Waals surface area contributed by atoms with Gasteiger partial charge in [-0.25, -0.2) is 8.91 Å². The van der Waals surface area contributed by atoms with Crippen LogP contribution in [-0.2, 0) is 11.3 Å². The van der Waals surface area contributed by atoms with E-state index in [4.69, 9.17) is 0 Å². The molecule has 5 rings (SSSR count). The van der Waals surface area contributed by atoms with Crippen LogP contribution in [-0.4, -0.2) is 51.2 Å². The number of aromatic nitrogens is 3. The molecule has 36 heavy (non-hydrogen) atoms. The molecule has 1 saturated heterocycles. The fourth-order valence-electron chi connectivity index (χ4n) is 4.66. The first-order valence-corrected chi connectivity index (χ1v) is 12.4. The average molecular weight is 488 g/mol. The van der Waals surface area contributed by atoms with E-state index in [1.165, 1.54) is 11.6 Å². The number of carbonyl (C=O) groups is 1. The van der Waals surface area contributed by atoms with E-state index in [1.807, 2.05) is 23.1 Å². The first-order valence-electron chi connectivity index (χ1n) is 12.4. The van der Waals surface area contributed by atoms with Gasteiger partial charge in [-0.2, -0.15) is 5.10 Å². The first-order chi connectivity index (χ1) is 17.4. The van der Waals surface area contributed by atoms with Crippen LogP contribution in [0.2, 0.25) is 0 Å². The molecule has 1 fully saturated rings. The number of fused-ring (bicyclic) bond motifs is 1. The SMILES string of the molecule is CC(C)c1ccc(-c2cc3c(=O)n(CCC(=O)N4CCN(c5ccccc5F)CC4)ccn3n2)cc1. The Morgan fingerprint density at radius 3 is 2.42 bits per heavy atom. The van der Waals surface area contributed by atoms with Gasteiger partial charge in [-0.1, -0.05) is 50.2 Å². The molecular formula is C28H30FN5O2. The number of rotatable bonds is 6. The number of piperazine rings is 1. The van der Waals surface area contributed by atoms with E-state index in [0.29, 0.717) is 49.8 Å². The highest BCUT2D eigenvalue weighted by atomic mass is 19.1. The third-order valence-electron chi connectivity index (χ3n) is 6.87. The van der Waals surface area contributed by atoms with Gasteiger partial charge in [-0.3, -0.25) is 9.59 Å². The number of amides is 1. The molecule has 0 saturated carbocycles. The van der Waals surface area contributed by atoms with Crippen molar-refractivity contribution in [2.75, 3.05) is 31.1 Å². The molecule has 4 aromatic rings. The van der Waals surface area contributed by atoms with Crippen molar-refractivity contribution in [1.82, 2.24) is 19.1 Å². The molecule has 186 valence electrons. The van der Waals surface area contributed by atoms with Gasteiger partial charge in [0.15, 0.2) is 0 Å². The van der Waals surface area contributed by atoms with E-state index < -0.39 is 0 Å². The van der Waals surface area contributed by atoms with Crippen molar-refractivity contribution in [3.63, 3.8) is 0 Å². The zero-order valence-electron chi connectivity index (χ0n) is 20.6. The van der Waals surface area contributed by atoms with E-state index in [2.05, 4.69) is 31.1 Å². The summed E-state index contributed by atoms with van der Waals surface area (Å²) in [6.45, 7) is 6.82. The minimum Gasteiger partial charge on any atom is -0.366 e. The Hall–Kier alpha value is -3.94. The van der Waals surface area contributed by atoms with Gasteiger partial charge in [0.1, 0.15) is 11.3 Å². The summed E-state index contributed by atoms with van der Waals surface area (Å²) in [6.07, 6.45) is 3.66. The van der Waals surface area contributed by atoms with E-state index in [0.717, 1.165) is 11.3 Å². The van der Waals surface area contributed by atoms with Gasteiger partial charge in [0.25, 0.3) is 5.56 Å². The van der Waals surface area contributed by atoms with Gasteiger partial charge >= 0.3 is 0 Å². The molecule has 1 amide bonds. The lowest BCUT2D eigenvalue weighted by Gasteiger charge is -2.36. The largest absolute Gasteiger partial charge is 0.366 e. The molecule has 0 N–H and O–H groups in total. The number of hydrogen-bond donors (Lipinski definition) is 0. The zero-order valence-corrected chi connectivity index (χ0v) is 20.6. The predicted octanol–water partition coefficient (Wildman–Crippen LogP) is 4.16. The average Bonchev–Trinajstić information content (AvgIpc) is 3.34. The van der Waals surface area contributed by atoms with Gasteiger partial charge in [-0.05, 0) is 29.7 Å². The molecule has 3 heterocycles. The molecule has 0 radical (unpaired) electrons. The summed E-state index contributed by atoms with van der Waals surface area (Å²) in [7, 11) is 0. The standard InChI is InChI=1S/C28H30FN5O2/c1-20(2)21-7-9-22(10-8-21)24-19-26-28(36)33(17-18-34(26)30-24)12-11-27(35)32-15-13-31(14-16-32)25-6-4-3-5-23(25)29/h3-10,17-20H,11-16H2,1-2H3. The van der Waals surface area contributed by atoms with Crippen LogP contribution in [0.25, 0.3) is 16.8 Å². The summed E-state index contributed by atoms with van der Waals surface area (Å²) >= 11 is 0. The van der Waals surface area contributed by atoms with E-state index in [1.54, 1.807) is 44.6 Å². The predicted molar refractivity (Wildman–Crippen MR) is 139 cm³/mol. The summed E-state index contributed by atoms with van der Waals surface area (Å²) in [4.78, 5) is 29.6. The molecular weight excluding hydrogens is 457 g/mol. The zero-order chi connectivity index (χ0) is 25.2. The highest BCUT2D eigenvalue weighted by Crippen LogP contribution is 2.23. The van der Waals surface area contributed by atoms with E-state index in [-0.39, 0.29) is 23.7 Å². The Bertz CT molecular complexity index is 1430. The number of aryl methyl sites for hydroxylation is 1. The fourth-order valence-corrected chi connectivity index (χ4v) is 4.66. The number of nitrogens with zero attached hydrogens (tertiary/aromatic N) is 5. The Morgan fingerprint density at radius 2 is 1.72 bits per heavy atom. The lowest BCUT2D eigenvalue weighted by atomic mass is 10.0. The van der Waals surface area contributed by atoms with E-state index >= 15 is 0 Å². The molecule has 2 aromatic heterocycles. The Balaban J connectivity index is 1.23. The van der Waals surface area contributed by atoms with Crippen molar-refractivity contribution in [2.45, 2.75) is 32.7 Å². The topological polar surface area (TPSA) is 62.9 Å². The number of carbonyl (C=O) groups excluding carboxylic acids is 1. The van der Waals surface area contributed by atoms with Crippen molar-refractivity contribution >= 4 is 17.1 Å². The minimum atomic E-state index is -0.248. The van der Waals surface area contributed by atoms with Crippen LogP contribution in [0.3, 0.4) is 0 Å². The van der Waals surface area contributed by atoms with Crippen molar-refractivity contribution in [1.29, 1.82) is 0 Å². The van der Waals surface area contributed by atoms with Crippen LogP contribution in [0.5, 0.6) is 0 Å². The number of hydrogen-bond acceptors (Lipinski definition) is 4. The second kappa shape index (κ2) is 9.97. The molecule has 8 heteroatoms. The number of benzene rings is 2. The van der Waals surface area contributed by atoms with Crippen LogP contribution in [0, 0.1) is 5.82 Å². The van der Waals surface area contributed by atoms with Crippen LogP contribution >= 0.6 is 0 Å². The number of anilines is 1. The maximum Gasteiger partial charge on any atom is 0.276 e. The monoisotopic (exact) mass is 487 g/mol. The Labute approximate surface area is 209 Å². The summed E-state index contributed by atoms with van der Waals surface area (Å²) in [6, 6.07) is 16.7. The quantitative estimate of drug-likeness (QED) is 0.410. The molecule has 0 bridgehead atoms. The first kappa shape index (κ1) is 23.8. The molecule has 2 aromatic carbocycles. The summed E-state index contributed by atoms with van der Waals surface area (Å²) < 4.78 is 17.2. The van der Waals surface area contributed by atoms with Crippen LogP contribution < -0.4 is 10.5 Å². The molecule has 0 unspecified atom stereocenters.